The standard InChI is InChI=1S/C15H16F3NO3.C15H13NO/c16-15(17,18)5-4-12(20)19-11-3-1-2-10(8-11)9-14(6-7-14)13(21)22;17-15-14-9-5-4-8-13(14)11-16(15)10-12-6-2-1-3-7-12/h1-3,8H,4-7,9H2,(H,19,20)(H,21,22);1-9H,10-11H2. The maximum Gasteiger partial charge on any atom is 0.389 e. The molecule has 204 valence electrons. The molecule has 2 amide bonds. The van der Waals surface area contributed by atoms with E-state index in [-0.39, 0.29) is 5.91 Å². The summed E-state index contributed by atoms with van der Waals surface area (Å²) >= 11 is 0. The third-order valence-electron chi connectivity index (χ3n) is 6.81. The molecule has 39 heavy (non-hydrogen) atoms. The molecule has 1 aliphatic heterocycles. The molecular weight excluding hydrogens is 509 g/mol. The monoisotopic (exact) mass is 538 g/mol. The molecule has 3 aromatic rings. The van der Waals surface area contributed by atoms with Gasteiger partial charge in [0.2, 0.25) is 5.91 Å². The highest BCUT2D eigenvalue weighted by atomic mass is 19.4. The van der Waals surface area contributed by atoms with E-state index in [4.69, 9.17) is 5.11 Å². The van der Waals surface area contributed by atoms with Gasteiger partial charge in [-0.05, 0) is 54.2 Å². The molecule has 0 saturated heterocycles. The number of amides is 2. The van der Waals surface area contributed by atoms with E-state index in [0.29, 0.717) is 31.5 Å². The van der Waals surface area contributed by atoms with E-state index in [1.165, 1.54) is 5.56 Å². The van der Waals surface area contributed by atoms with Crippen LogP contribution in [-0.4, -0.2) is 34.0 Å². The molecule has 1 aliphatic carbocycles. The van der Waals surface area contributed by atoms with Crippen molar-refractivity contribution in [3.63, 3.8) is 0 Å². The number of anilines is 1. The minimum absolute atomic E-state index is 0.143. The summed E-state index contributed by atoms with van der Waals surface area (Å²) in [4.78, 5) is 36.6. The Hall–Kier alpha value is -4.14. The van der Waals surface area contributed by atoms with Gasteiger partial charge in [0.25, 0.3) is 5.91 Å². The number of fused-ring (bicyclic) bond motifs is 1. The second-order valence-corrected chi connectivity index (χ2v) is 9.93. The molecule has 3 aromatic carbocycles. The van der Waals surface area contributed by atoms with Crippen LogP contribution in [0, 0.1) is 5.41 Å². The summed E-state index contributed by atoms with van der Waals surface area (Å²) in [6.45, 7) is 1.41. The number of halogens is 3. The van der Waals surface area contributed by atoms with Crippen molar-refractivity contribution in [2.45, 2.75) is 51.4 Å². The number of aliphatic carboxylic acids is 1. The Morgan fingerprint density at radius 2 is 1.59 bits per heavy atom. The molecule has 2 N–H and O–H groups in total. The molecule has 5 rings (SSSR count). The van der Waals surface area contributed by atoms with E-state index >= 15 is 0 Å². The van der Waals surface area contributed by atoms with Crippen molar-refractivity contribution in [1.29, 1.82) is 0 Å². The predicted molar refractivity (Wildman–Crippen MR) is 140 cm³/mol. The highest BCUT2D eigenvalue weighted by Crippen LogP contribution is 2.48. The van der Waals surface area contributed by atoms with E-state index in [0.717, 1.165) is 23.2 Å². The quantitative estimate of drug-likeness (QED) is 0.357. The van der Waals surface area contributed by atoms with Crippen LogP contribution in [0.5, 0.6) is 0 Å². The van der Waals surface area contributed by atoms with Gasteiger partial charge in [-0.1, -0.05) is 60.7 Å². The molecule has 2 aliphatic rings. The Morgan fingerprint density at radius 1 is 0.923 bits per heavy atom. The number of carboxylic acids is 1. The Morgan fingerprint density at radius 3 is 2.23 bits per heavy atom. The minimum Gasteiger partial charge on any atom is -0.481 e. The number of carboxylic acid groups (broad SMARTS) is 1. The van der Waals surface area contributed by atoms with Crippen molar-refractivity contribution >= 4 is 23.5 Å². The fourth-order valence-corrected chi connectivity index (χ4v) is 4.49. The number of nitrogens with zero attached hydrogens (tertiary/aromatic N) is 1. The second kappa shape index (κ2) is 11.7. The largest absolute Gasteiger partial charge is 0.481 e. The maximum absolute atomic E-state index is 12.1. The van der Waals surface area contributed by atoms with Gasteiger partial charge in [-0.2, -0.15) is 13.2 Å². The smallest absolute Gasteiger partial charge is 0.389 e. The lowest BCUT2D eigenvalue weighted by molar-refractivity contribution is -0.143. The Kier molecular flexibility index (Phi) is 8.38. The summed E-state index contributed by atoms with van der Waals surface area (Å²) in [7, 11) is 0. The van der Waals surface area contributed by atoms with Crippen LogP contribution < -0.4 is 5.32 Å². The normalized spacial score (nSPS) is 15.2. The molecule has 0 bridgehead atoms. The molecule has 9 heteroatoms. The van der Waals surface area contributed by atoms with E-state index < -0.39 is 36.3 Å². The van der Waals surface area contributed by atoms with Crippen LogP contribution in [0.15, 0.2) is 78.9 Å². The maximum atomic E-state index is 12.1. The Labute approximate surface area is 224 Å². The molecule has 0 unspecified atom stereocenters. The summed E-state index contributed by atoms with van der Waals surface area (Å²) in [6, 6.07) is 24.5. The zero-order chi connectivity index (χ0) is 28.0. The van der Waals surface area contributed by atoms with Crippen LogP contribution in [0.4, 0.5) is 18.9 Å². The first-order chi connectivity index (χ1) is 18.5. The van der Waals surface area contributed by atoms with E-state index in [1.54, 1.807) is 24.3 Å². The van der Waals surface area contributed by atoms with Crippen LogP contribution in [0.3, 0.4) is 0 Å². The number of rotatable bonds is 8. The Bertz CT molecular complexity index is 1340. The summed E-state index contributed by atoms with van der Waals surface area (Å²) in [6.07, 6.45) is -4.57. The summed E-state index contributed by atoms with van der Waals surface area (Å²) in [5.41, 5.74) is 3.56. The molecule has 1 saturated carbocycles. The number of hydrogen-bond donors (Lipinski definition) is 2. The van der Waals surface area contributed by atoms with Gasteiger partial charge >= 0.3 is 12.1 Å². The average molecular weight is 539 g/mol. The van der Waals surface area contributed by atoms with Crippen molar-refractivity contribution in [3.05, 3.63) is 101 Å². The fourth-order valence-electron chi connectivity index (χ4n) is 4.49. The number of alkyl halides is 3. The Balaban J connectivity index is 0.000000186. The van der Waals surface area contributed by atoms with Gasteiger partial charge < -0.3 is 15.3 Å². The SMILES string of the molecule is O=C(CCC(F)(F)F)Nc1cccc(CC2(C(=O)O)CC2)c1.O=C1c2ccccc2CN1Cc1ccccc1. The molecule has 0 aromatic heterocycles. The van der Waals surface area contributed by atoms with E-state index in [1.807, 2.05) is 47.4 Å². The van der Waals surface area contributed by atoms with Crippen LogP contribution in [0.2, 0.25) is 0 Å². The molecule has 6 nitrogen and oxygen atoms in total. The van der Waals surface area contributed by atoms with Crippen LogP contribution in [-0.2, 0) is 29.1 Å². The predicted octanol–water partition coefficient (Wildman–Crippen LogP) is 6.22. The zero-order valence-electron chi connectivity index (χ0n) is 21.2. The number of nitrogens with one attached hydrogen (secondary N) is 1. The molecule has 0 spiro atoms. The van der Waals surface area contributed by atoms with Crippen LogP contribution in [0.1, 0.15) is 52.7 Å². The summed E-state index contributed by atoms with van der Waals surface area (Å²) in [5, 5.41) is 11.6. The van der Waals surface area contributed by atoms with Gasteiger partial charge in [-0.15, -0.1) is 0 Å². The van der Waals surface area contributed by atoms with Gasteiger partial charge in [0, 0.05) is 30.8 Å². The first-order valence-corrected chi connectivity index (χ1v) is 12.6. The third kappa shape index (κ3) is 7.69. The number of benzene rings is 3. The van der Waals surface area contributed by atoms with Gasteiger partial charge in [0.15, 0.2) is 0 Å². The number of carbonyl (C=O) groups is 3. The topological polar surface area (TPSA) is 86.7 Å². The lowest BCUT2D eigenvalue weighted by Crippen LogP contribution is -2.23. The van der Waals surface area contributed by atoms with Gasteiger partial charge in [-0.25, -0.2) is 0 Å². The van der Waals surface area contributed by atoms with Gasteiger partial charge in [-0.3, -0.25) is 14.4 Å². The van der Waals surface area contributed by atoms with E-state index in [2.05, 4.69) is 17.4 Å². The van der Waals surface area contributed by atoms with Crippen molar-refractivity contribution in [2.24, 2.45) is 5.41 Å². The van der Waals surface area contributed by atoms with Crippen molar-refractivity contribution in [3.8, 4) is 0 Å². The molecular formula is C30H29F3N2O4. The zero-order valence-corrected chi connectivity index (χ0v) is 21.2. The summed E-state index contributed by atoms with van der Waals surface area (Å²) in [5.74, 6) is -1.41. The van der Waals surface area contributed by atoms with Crippen molar-refractivity contribution in [2.75, 3.05) is 5.32 Å². The van der Waals surface area contributed by atoms with Crippen molar-refractivity contribution < 1.29 is 32.7 Å². The number of carbonyl (C=O) groups excluding carboxylic acids is 2. The lowest BCUT2D eigenvalue weighted by Gasteiger charge is -2.15. The second-order valence-electron chi connectivity index (χ2n) is 9.93. The molecule has 1 fully saturated rings. The fraction of sp³-hybridized carbons (Fsp3) is 0.300. The third-order valence-corrected chi connectivity index (χ3v) is 6.81. The van der Waals surface area contributed by atoms with Crippen molar-refractivity contribution in [1.82, 2.24) is 4.90 Å². The first kappa shape index (κ1) is 27.9. The average Bonchev–Trinajstić information content (AvgIpc) is 3.62. The van der Waals surface area contributed by atoms with Crippen LogP contribution >= 0.6 is 0 Å². The van der Waals surface area contributed by atoms with Gasteiger partial charge in [0.05, 0.1) is 11.8 Å². The number of hydrogen-bond acceptors (Lipinski definition) is 3. The lowest BCUT2D eigenvalue weighted by atomic mass is 9.96. The first-order valence-electron chi connectivity index (χ1n) is 12.6. The highest BCUT2D eigenvalue weighted by Gasteiger charge is 2.49. The van der Waals surface area contributed by atoms with Crippen LogP contribution in [0.25, 0.3) is 0 Å². The summed E-state index contributed by atoms with van der Waals surface area (Å²) < 4.78 is 36.2. The molecule has 0 radical (unpaired) electrons. The molecule has 0 atom stereocenters. The van der Waals surface area contributed by atoms with E-state index in [9.17, 15) is 27.6 Å². The van der Waals surface area contributed by atoms with Gasteiger partial charge in [0.1, 0.15) is 0 Å². The minimum atomic E-state index is -4.36. The highest BCUT2D eigenvalue weighted by molar-refractivity contribution is 5.98. The molecule has 1 heterocycles.